The fourth-order valence-electron chi connectivity index (χ4n) is 0.118. The van der Waals surface area contributed by atoms with Crippen molar-refractivity contribution in [2.24, 2.45) is 0 Å². The van der Waals surface area contributed by atoms with Crippen LogP contribution in [0.3, 0.4) is 0 Å². The largest absolute Gasteiger partial charge is 0.202 e. The van der Waals surface area contributed by atoms with E-state index in [1.807, 2.05) is 11.8 Å². The SMILES string of the molecule is CC1(C)[CH+]S1. The highest BCUT2D eigenvalue weighted by Crippen LogP contribution is 2.48. The zero-order valence-corrected chi connectivity index (χ0v) is 4.30. The molecule has 5 heavy (non-hydrogen) atoms. The van der Waals surface area contributed by atoms with Gasteiger partial charge in [0.15, 0.2) is 5.75 Å². The Bertz CT molecular complexity index is 41.6. The summed E-state index contributed by atoms with van der Waals surface area (Å²) < 4.78 is 0.542. The smallest absolute Gasteiger partial charge is 0.00376 e. The van der Waals surface area contributed by atoms with Gasteiger partial charge in [-0.25, -0.2) is 0 Å². The molecule has 0 saturated carbocycles. The third-order valence-corrected chi connectivity index (χ3v) is 1.77. The predicted octanol–water partition coefficient (Wildman–Crippen LogP) is 1.67. The molecule has 0 N–H and O–H groups in total. The molecule has 0 atom stereocenters. The average Bonchev–Trinajstić information content (AvgIpc) is 1.76. The van der Waals surface area contributed by atoms with Crippen molar-refractivity contribution < 1.29 is 0 Å². The van der Waals surface area contributed by atoms with Gasteiger partial charge in [-0.2, -0.15) is 0 Å². The molecule has 0 radical (unpaired) electrons. The normalized spacial score (nSPS) is 28.4. The van der Waals surface area contributed by atoms with E-state index >= 15 is 0 Å². The quantitative estimate of drug-likeness (QED) is 0.320. The number of thioether (sulfide) groups is 1. The summed E-state index contributed by atoms with van der Waals surface area (Å²) in [7, 11) is 0. The van der Waals surface area contributed by atoms with Crippen LogP contribution in [-0.2, 0) is 0 Å². The number of hydrogen-bond acceptors (Lipinski definition) is 1. The van der Waals surface area contributed by atoms with Crippen molar-refractivity contribution in [3.63, 3.8) is 0 Å². The molecule has 1 rings (SSSR count). The lowest BCUT2D eigenvalue weighted by molar-refractivity contribution is 0.954. The van der Waals surface area contributed by atoms with Gasteiger partial charge in [-0.3, -0.25) is 0 Å². The van der Waals surface area contributed by atoms with Gasteiger partial charge in [0.2, 0.25) is 4.75 Å². The third kappa shape index (κ3) is 0.763. The Labute approximate surface area is 37.0 Å². The lowest BCUT2D eigenvalue weighted by Crippen LogP contribution is -1.85. The Hall–Kier alpha value is 0.220. The monoisotopic (exact) mass is 87.0 g/mol. The molecule has 0 amide bonds. The van der Waals surface area contributed by atoms with Crippen molar-refractivity contribution in [1.82, 2.24) is 0 Å². The highest BCUT2D eigenvalue weighted by Gasteiger charge is 2.49. The summed E-state index contributed by atoms with van der Waals surface area (Å²) in [5.41, 5.74) is 0. The van der Waals surface area contributed by atoms with Gasteiger partial charge >= 0.3 is 0 Å². The first kappa shape index (κ1) is 3.41. The summed E-state index contributed by atoms with van der Waals surface area (Å²) in [6.45, 7) is 4.41. The Kier molecular flexibility index (Phi) is 0.442. The first-order valence-corrected chi connectivity index (χ1v) is 2.61. The molecule has 1 saturated heterocycles. The van der Waals surface area contributed by atoms with Crippen LogP contribution in [0.5, 0.6) is 0 Å². The molecule has 0 spiro atoms. The van der Waals surface area contributed by atoms with Gasteiger partial charge in [0.25, 0.3) is 0 Å². The second-order valence-corrected chi connectivity index (χ2v) is 3.36. The molecule has 0 nitrogen and oxygen atoms in total. The minimum absolute atomic E-state index is 0.542. The van der Waals surface area contributed by atoms with E-state index in [1.165, 1.54) is 0 Å². The van der Waals surface area contributed by atoms with Crippen LogP contribution in [0.25, 0.3) is 0 Å². The van der Waals surface area contributed by atoms with Crippen molar-refractivity contribution in [3.05, 3.63) is 5.75 Å². The van der Waals surface area contributed by atoms with E-state index in [1.54, 1.807) is 0 Å². The Morgan fingerprint density at radius 1 is 1.60 bits per heavy atom. The molecule has 1 heteroatoms. The zero-order chi connectivity index (χ0) is 3.91. The minimum atomic E-state index is 0.542. The van der Waals surface area contributed by atoms with Crippen LogP contribution in [0, 0.1) is 5.75 Å². The molecule has 0 aromatic rings. The van der Waals surface area contributed by atoms with Gasteiger partial charge in [0, 0.05) is 0 Å². The zero-order valence-electron chi connectivity index (χ0n) is 3.49. The topological polar surface area (TPSA) is 0 Å². The second kappa shape index (κ2) is 0.648. The van der Waals surface area contributed by atoms with Gasteiger partial charge in [-0.1, -0.05) is 0 Å². The Balaban J connectivity index is 2.38. The molecule has 1 heterocycles. The first-order valence-electron chi connectivity index (χ1n) is 1.73. The van der Waals surface area contributed by atoms with Crippen LogP contribution in [0.1, 0.15) is 13.8 Å². The van der Waals surface area contributed by atoms with Crippen molar-refractivity contribution >= 4 is 11.8 Å². The van der Waals surface area contributed by atoms with Crippen molar-refractivity contribution in [2.45, 2.75) is 18.6 Å². The van der Waals surface area contributed by atoms with Crippen LogP contribution in [0.4, 0.5) is 0 Å². The highest BCUT2D eigenvalue weighted by molar-refractivity contribution is 8.10. The average molecular weight is 87.2 g/mol. The standard InChI is InChI=1S/C4H7S/c1-4(2)3-5-4/h3H,1-2H3/q+1. The van der Waals surface area contributed by atoms with E-state index in [0.29, 0.717) is 4.75 Å². The summed E-state index contributed by atoms with van der Waals surface area (Å²) in [5, 5.41) is 0. The lowest BCUT2D eigenvalue weighted by atomic mass is 10.3. The fourth-order valence-corrected chi connectivity index (χ4v) is 0.354. The number of rotatable bonds is 0. The highest BCUT2D eigenvalue weighted by atomic mass is 32.2. The van der Waals surface area contributed by atoms with Crippen LogP contribution >= 0.6 is 11.8 Å². The van der Waals surface area contributed by atoms with Crippen molar-refractivity contribution in [3.8, 4) is 0 Å². The number of hydrogen-bond donors (Lipinski definition) is 0. The van der Waals surface area contributed by atoms with Gasteiger partial charge in [0.05, 0.1) is 0 Å². The summed E-state index contributed by atoms with van der Waals surface area (Å²) in [6, 6.07) is 0. The van der Waals surface area contributed by atoms with E-state index < -0.39 is 0 Å². The molecule has 1 aliphatic rings. The molecule has 0 aromatic heterocycles. The molecule has 0 bridgehead atoms. The molecule has 28 valence electrons. The van der Waals surface area contributed by atoms with E-state index in [-0.39, 0.29) is 0 Å². The van der Waals surface area contributed by atoms with Gasteiger partial charge in [0.1, 0.15) is 11.8 Å². The maximum Gasteiger partial charge on any atom is 0.202 e. The molecule has 1 fully saturated rings. The van der Waals surface area contributed by atoms with Crippen molar-refractivity contribution in [1.29, 1.82) is 0 Å². The van der Waals surface area contributed by atoms with Gasteiger partial charge in [-0.15, -0.1) is 0 Å². The molecular formula is C4H7S+. The minimum Gasteiger partial charge on any atom is -0.00376 e. The molecular weight excluding hydrogens is 80.1 g/mol. The van der Waals surface area contributed by atoms with E-state index in [2.05, 4.69) is 19.6 Å². The lowest BCUT2D eigenvalue weighted by Gasteiger charge is -1.69. The fraction of sp³-hybridized carbons (Fsp3) is 0.750. The predicted molar refractivity (Wildman–Crippen MR) is 26.0 cm³/mol. The third-order valence-electron chi connectivity index (χ3n) is 0.589. The first-order chi connectivity index (χ1) is 2.21. The van der Waals surface area contributed by atoms with Crippen LogP contribution in [0.15, 0.2) is 0 Å². The molecule has 0 unspecified atom stereocenters. The molecule has 0 aromatic carbocycles. The van der Waals surface area contributed by atoms with E-state index in [0.717, 1.165) is 0 Å². The second-order valence-electron chi connectivity index (χ2n) is 1.84. The van der Waals surface area contributed by atoms with E-state index in [4.69, 9.17) is 0 Å². The van der Waals surface area contributed by atoms with Crippen LogP contribution < -0.4 is 0 Å². The summed E-state index contributed by atoms with van der Waals surface area (Å²) in [4.78, 5) is 0. The van der Waals surface area contributed by atoms with Gasteiger partial charge < -0.3 is 0 Å². The summed E-state index contributed by atoms with van der Waals surface area (Å²) >= 11 is 1.90. The summed E-state index contributed by atoms with van der Waals surface area (Å²) in [6.07, 6.45) is 0. The van der Waals surface area contributed by atoms with Crippen LogP contribution in [-0.4, -0.2) is 4.75 Å². The van der Waals surface area contributed by atoms with Crippen LogP contribution in [0.2, 0.25) is 0 Å². The Morgan fingerprint density at radius 2 is 1.80 bits per heavy atom. The van der Waals surface area contributed by atoms with Gasteiger partial charge in [-0.05, 0) is 13.8 Å². The van der Waals surface area contributed by atoms with Crippen molar-refractivity contribution in [2.75, 3.05) is 0 Å². The molecule has 1 aliphatic heterocycles. The maximum atomic E-state index is 2.23. The maximum absolute atomic E-state index is 2.23. The van der Waals surface area contributed by atoms with E-state index in [9.17, 15) is 0 Å². The molecule has 0 aliphatic carbocycles. The summed E-state index contributed by atoms with van der Waals surface area (Å²) in [5.74, 6) is 2.23. The Morgan fingerprint density at radius 3 is 1.80 bits per heavy atom.